The van der Waals surface area contributed by atoms with Crippen molar-refractivity contribution in [3.8, 4) is 0 Å². The molecular weight excluding hydrogens is 263 g/mol. The van der Waals surface area contributed by atoms with Crippen LogP contribution in [0, 0.1) is 20.8 Å². The van der Waals surface area contributed by atoms with Crippen LogP contribution in [-0.2, 0) is 0 Å². The number of rotatable bonds is 6. The Balaban J connectivity index is 2.95. The lowest BCUT2D eigenvalue weighted by molar-refractivity contribution is -0.136. The van der Waals surface area contributed by atoms with Gasteiger partial charge in [0.25, 0.3) is 0 Å². The smallest absolute Gasteiger partial charge is 0.310 e. The molecule has 0 radical (unpaired) electrons. The minimum Gasteiger partial charge on any atom is -0.310 e. The van der Waals surface area contributed by atoms with E-state index in [2.05, 4.69) is 11.4 Å². The van der Waals surface area contributed by atoms with Crippen LogP contribution in [0.2, 0.25) is 0 Å². The van der Waals surface area contributed by atoms with Gasteiger partial charge in [-0.3, -0.25) is 0 Å². The minimum absolute atomic E-state index is 0.0901. The molecule has 114 valence electrons. The normalized spacial score (nSPS) is 13.6. The number of hydrogen-bond acceptors (Lipinski definition) is 1. The summed E-state index contributed by atoms with van der Waals surface area (Å²) >= 11 is 0. The molecule has 1 aromatic rings. The van der Waals surface area contributed by atoms with Crippen LogP contribution in [0.15, 0.2) is 12.1 Å². The molecule has 0 aliphatic heterocycles. The Hall–Kier alpha value is -1.03. The average Bonchev–Trinajstić information content (AvgIpc) is 2.33. The van der Waals surface area contributed by atoms with Crippen LogP contribution >= 0.6 is 0 Å². The third-order valence-corrected chi connectivity index (χ3v) is 3.62. The Morgan fingerprint density at radius 1 is 1.05 bits per heavy atom. The van der Waals surface area contributed by atoms with E-state index < -0.39 is 12.6 Å². The number of nitrogens with one attached hydrogen (secondary N) is 1. The molecule has 1 aromatic carbocycles. The van der Waals surface area contributed by atoms with Crippen molar-refractivity contribution < 1.29 is 13.2 Å². The van der Waals surface area contributed by atoms with Gasteiger partial charge in [0.1, 0.15) is 0 Å². The van der Waals surface area contributed by atoms with Crippen LogP contribution in [0.5, 0.6) is 0 Å². The summed E-state index contributed by atoms with van der Waals surface area (Å²) in [5.41, 5.74) is 4.35. The highest BCUT2D eigenvalue weighted by Crippen LogP contribution is 2.30. The Kier molecular flexibility index (Phi) is 6.06. The maximum atomic E-state index is 12.5. The van der Waals surface area contributed by atoms with Gasteiger partial charge in [-0.2, -0.15) is 13.2 Å². The second kappa shape index (κ2) is 7.11. The van der Waals surface area contributed by atoms with Gasteiger partial charge >= 0.3 is 6.18 Å². The van der Waals surface area contributed by atoms with Gasteiger partial charge in [-0.25, -0.2) is 0 Å². The van der Waals surface area contributed by atoms with E-state index in [0.717, 1.165) is 29.7 Å². The standard InChI is InChI=1S/C16H24F3N/c1-5-8-20-15(6-7-16(17,18)19)14-10-12(3)11(2)9-13(14)4/h9-10,15,20H,5-8H2,1-4H3. The first-order valence-corrected chi connectivity index (χ1v) is 7.12. The molecule has 0 spiro atoms. The van der Waals surface area contributed by atoms with E-state index in [1.165, 1.54) is 5.56 Å². The summed E-state index contributed by atoms with van der Waals surface area (Å²) in [6.07, 6.45) is -3.85. The molecule has 1 atom stereocenters. The van der Waals surface area contributed by atoms with E-state index >= 15 is 0 Å². The molecule has 1 rings (SSSR count). The summed E-state index contributed by atoms with van der Waals surface area (Å²) in [5.74, 6) is 0. The van der Waals surface area contributed by atoms with Crippen molar-refractivity contribution in [2.24, 2.45) is 0 Å². The molecule has 1 nitrogen and oxygen atoms in total. The highest BCUT2D eigenvalue weighted by molar-refractivity contribution is 5.38. The Bertz CT molecular complexity index is 438. The molecule has 0 aromatic heterocycles. The van der Waals surface area contributed by atoms with Crippen molar-refractivity contribution >= 4 is 0 Å². The average molecular weight is 287 g/mol. The number of hydrogen-bond donors (Lipinski definition) is 1. The van der Waals surface area contributed by atoms with Gasteiger partial charge < -0.3 is 5.32 Å². The molecule has 0 amide bonds. The Morgan fingerprint density at radius 2 is 1.65 bits per heavy atom. The SMILES string of the molecule is CCCNC(CCC(F)(F)F)c1cc(C)c(C)cc1C. The van der Waals surface area contributed by atoms with Crippen LogP contribution in [-0.4, -0.2) is 12.7 Å². The highest BCUT2D eigenvalue weighted by atomic mass is 19.4. The number of alkyl halides is 3. The van der Waals surface area contributed by atoms with Crippen molar-refractivity contribution in [2.45, 2.75) is 59.2 Å². The predicted octanol–water partition coefficient (Wildman–Crippen LogP) is 5.00. The van der Waals surface area contributed by atoms with E-state index in [1.807, 2.05) is 33.8 Å². The van der Waals surface area contributed by atoms with Crippen LogP contribution < -0.4 is 5.32 Å². The quantitative estimate of drug-likeness (QED) is 0.776. The van der Waals surface area contributed by atoms with Crippen LogP contribution in [0.3, 0.4) is 0 Å². The van der Waals surface area contributed by atoms with Gasteiger partial charge in [0, 0.05) is 12.5 Å². The van der Waals surface area contributed by atoms with E-state index in [0.29, 0.717) is 0 Å². The van der Waals surface area contributed by atoms with Gasteiger partial charge in [0.15, 0.2) is 0 Å². The Morgan fingerprint density at radius 3 is 2.20 bits per heavy atom. The fourth-order valence-corrected chi connectivity index (χ4v) is 2.35. The summed E-state index contributed by atoms with van der Waals surface area (Å²) in [6.45, 7) is 8.74. The highest BCUT2D eigenvalue weighted by Gasteiger charge is 2.29. The third-order valence-electron chi connectivity index (χ3n) is 3.62. The maximum absolute atomic E-state index is 12.5. The van der Waals surface area contributed by atoms with Crippen molar-refractivity contribution in [1.29, 1.82) is 0 Å². The molecule has 0 fully saturated rings. The molecular formula is C16H24F3N. The second-order valence-corrected chi connectivity index (χ2v) is 5.45. The molecule has 0 saturated heterocycles. The van der Waals surface area contributed by atoms with E-state index in [4.69, 9.17) is 0 Å². The van der Waals surface area contributed by atoms with E-state index in [1.54, 1.807) is 0 Å². The third kappa shape index (κ3) is 5.16. The summed E-state index contributed by atoms with van der Waals surface area (Å²) in [5, 5.41) is 3.25. The molecule has 0 heterocycles. The van der Waals surface area contributed by atoms with Gasteiger partial charge in [0.2, 0.25) is 0 Å². The van der Waals surface area contributed by atoms with E-state index in [-0.39, 0.29) is 12.5 Å². The fraction of sp³-hybridized carbons (Fsp3) is 0.625. The number of halogens is 3. The number of aryl methyl sites for hydroxylation is 3. The predicted molar refractivity (Wildman–Crippen MR) is 77.0 cm³/mol. The molecule has 0 saturated carbocycles. The lowest BCUT2D eigenvalue weighted by Gasteiger charge is -2.23. The summed E-state index contributed by atoms with van der Waals surface area (Å²) in [6, 6.07) is 3.85. The summed E-state index contributed by atoms with van der Waals surface area (Å²) in [4.78, 5) is 0. The van der Waals surface area contributed by atoms with E-state index in [9.17, 15) is 13.2 Å². The molecule has 1 N–H and O–H groups in total. The van der Waals surface area contributed by atoms with Gasteiger partial charge in [0.05, 0.1) is 0 Å². The summed E-state index contributed by atoms with van der Waals surface area (Å²) in [7, 11) is 0. The zero-order valence-corrected chi connectivity index (χ0v) is 12.7. The molecule has 4 heteroatoms. The van der Waals surface area contributed by atoms with Crippen LogP contribution in [0.25, 0.3) is 0 Å². The zero-order valence-electron chi connectivity index (χ0n) is 12.7. The zero-order chi connectivity index (χ0) is 15.3. The van der Waals surface area contributed by atoms with Gasteiger partial charge in [-0.1, -0.05) is 19.1 Å². The molecule has 0 aliphatic rings. The maximum Gasteiger partial charge on any atom is 0.389 e. The first-order chi connectivity index (χ1) is 9.24. The largest absolute Gasteiger partial charge is 0.389 e. The van der Waals surface area contributed by atoms with Crippen molar-refractivity contribution in [2.75, 3.05) is 6.54 Å². The van der Waals surface area contributed by atoms with Crippen molar-refractivity contribution in [1.82, 2.24) is 5.32 Å². The van der Waals surface area contributed by atoms with Gasteiger partial charge in [-0.15, -0.1) is 0 Å². The van der Waals surface area contributed by atoms with Gasteiger partial charge in [-0.05, 0) is 62.4 Å². The number of benzene rings is 1. The topological polar surface area (TPSA) is 12.0 Å². The van der Waals surface area contributed by atoms with Crippen LogP contribution in [0.4, 0.5) is 13.2 Å². The van der Waals surface area contributed by atoms with Crippen molar-refractivity contribution in [3.05, 3.63) is 34.4 Å². The lowest BCUT2D eigenvalue weighted by atomic mass is 9.93. The fourth-order valence-electron chi connectivity index (χ4n) is 2.35. The first kappa shape index (κ1) is 17.0. The Labute approximate surface area is 119 Å². The molecule has 1 unspecified atom stereocenters. The molecule has 20 heavy (non-hydrogen) atoms. The molecule has 0 bridgehead atoms. The summed E-state index contributed by atoms with van der Waals surface area (Å²) < 4.78 is 37.4. The van der Waals surface area contributed by atoms with Crippen LogP contribution in [0.1, 0.15) is 54.5 Å². The van der Waals surface area contributed by atoms with Crippen molar-refractivity contribution in [3.63, 3.8) is 0 Å². The second-order valence-electron chi connectivity index (χ2n) is 5.45. The minimum atomic E-state index is -4.10. The monoisotopic (exact) mass is 287 g/mol. The molecule has 0 aliphatic carbocycles. The lowest BCUT2D eigenvalue weighted by Crippen LogP contribution is -2.25. The first-order valence-electron chi connectivity index (χ1n) is 7.12.